The van der Waals surface area contributed by atoms with Crippen LogP contribution in [0.5, 0.6) is 0 Å². The lowest BCUT2D eigenvalue weighted by Gasteiger charge is -2.28. The van der Waals surface area contributed by atoms with Crippen molar-refractivity contribution < 1.29 is 19.4 Å². The van der Waals surface area contributed by atoms with Gasteiger partial charge in [0.2, 0.25) is 0 Å². The predicted molar refractivity (Wildman–Crippen MR) is 62.8 cm³/mol. The van der Waals surface area contributed by atoms with Gasteiger partial charge in [-0.2, -0.15) is 0 Å². The normalized spacial score (nSPS) is 25.1. The van der Waals surface area contributed by atoms with E-state index in [1.807, 2.05) is 0 Å². The van der Waals surface area contributed by atoms with Crippen LogP contribution in [0, 0.1) is 5.92 Å². The van der Waals surface area contributed by atoms with Gasteiger partial charge in [0.25, 0.3) is 0 Å². The molecule has 0 aromatic carbocycles. The molecule has 2 N–H and O–H groups in total. The number of ether oxygens (including phenoxy) is 1. The van der Waals surface area contributed by atoms with Gasteiger partial charge in [-0.25, -0.2) is 4.79 Å². The van der Waals surface area contributed by atoms with Gasteiger partial charge in [0.15, 0.2) is 0 Å². The number of carboxylic acid groups (broad SMARTS) is 1. The second-order valence-electron chi connectivity index (χ2n) is 5.54. The molecule has 1 aliphatic rings. The number of carbonyl (C=O) groups excluding carboxylic acids is 1. The minimum atomic E-state index is -0.777. The minimum absolute atomic E-state index is 0.0836. The Balaban J connectivity index is 2.41. The number of hydrogen-bond acceptors (Lipinski definition) is 3. The number of hydrogen-bond donors (Lipinski definition) is 2. The highest BCUT2D eigenvalue weighted by Gasteiger charge is 2.28. The van der Waals surface area contributed by atoms with Gasteiger partial charge in [0, 0.05) is 6.04 Å². The smallest absolute Gasteiger partial charge is 0.407 e. The molecule has 0 spiro atoms. The lowest BCUT2D eigenvalue weighted by atomic mass is 9.86. The van der Waals surface area contributed by atoms with Crippen LogP contribution < -0.4 is 5.32 Å². The van der Waals surface area contributed by atoms with Gasteiger partial charge < -0.3 is 15.2 Å². The largest absolute Gasteiger partial charge is 0.481 e. The van der Waals surface area contributed by atoms with Crippen molar-refractivity contribution in [3.8, 4) is 0 Å². The number of nitrogens with one attached hydrogen (secondary N) is 1. The van der Waals surface area contributed by atoms with Crippen LogP contribution in [0.3, 0.4) is 0 Å². The Morgan fingerprint density at radius 1 is 1.29 bits per heavy atom. The summed E-state index contributed by atoms with van der Waals surface area (Å²) in [6.45, 7) is 5.40. The van der Waals surface area contributed by atoms with Crippen LogP contribution in [-0.2, 0) is 9.53 Å². The third-order valence-corrected chi connectivity index (χ3v) is 2.74. The van der Waals surface area contributed by atoms with E-state index in [1.165, 1.54) is 0 Å². The molecule has 0 radical (unpaired) electrons. The van der Waals surface area contributed by atoms with Crippen molar-refractivity contribution in [1.82, 2.24) is 5.32 Å². The number of carboxylic acids is 1. The van der Waals surface area contributed by atoms with Gasteiger partial charge >= 0.3 is 12.1 Å². The fraction of sp³-hybridized carbons (Fsp3) is 0.833. The molecule has 0 aliphatic heterocycles. The Morgan fingerprint density at radius 2 is 1.94 bits per heavy atom. The molecule has 0 heterocycles. The van der Waals surface area contributed by atoms with E-state index in [2.05, 4.69) is 5.32 Å². The second-order valence-corrected chi connectivity index (χ2v) is 5.54. The number of carbonyl (C=O) groups is 2. The van der Waals surface area contributed by atoms with Crippen LogP contribution >= 0.6 is 0 Å². The summed E-state index contributed by atoms with van der Waals surface area (Å²) in [4.78, 5) is 22.4. The third-order valence-electron chi connectivity index (χ3n) is 2.74. The number of alkyl carbamates (subject to hydrolysis) is 1. The standard InChI is InChI=1S/C12H21NO4/c1-12(2,3)17-11(16)13-9-6-4-5-8(7-9)10(14)15/h8-9H,4-7H2,1-3H3,(H,13,16)(H,14,15)/t8-,9-/m1/s1. The molecule has 1 saturated carbocycles. The van der Waals surface area contributed by atoms with Crippen LogP contribution in [0.15, 0.2) is 0 Å². The van der Waals surface area contributed by atoms with Crippen molar-refractivity contribution in [2.24, 2.45) is 5.92 Å². The SMILES string of the molecule is CC(C)(C)OC(=O)N[C@@H]1CCC[C@@H](C(=O)O)C1. The van der Waals surface area contributed by atoms with E-state index in [-0.39, 0.29) is 12.0 Å². The van der Waals surface area contributed by atoms with E-state index in [0.29, 0.717) is 12.8 Å². The van der Waals surface area contributed by atoms with Crippen molar-refractivity contribution in [2.75, 3.05) is 0 Å². The first-order valence-corrected chi connectivity index (χ1v) is 6.00. The maximum absolute atomic E-state index is 11.5. The molecular weight excluding hydrogens is 222 g/mol. The molecule has 1 rings (SSSR count). The minimum Gasteiger partial charge on any atom is -0.481 e. The first-order valence-electron chi connectivity index (χ1n) is 6.00. The summed E-state index contributed by atoms with van der Waals surface area (Å²) in [6.07, 6.45) is 2.38. The molecule has 5 nitrogen and oxygen atoms in total. The molecule has 1 amide bonds. The van der Waals surface area contributed by atoms with Crippen molar-refractivity contribution in [3.05, 3.63) is 0 Å². The number of rotatable bonds is 2. The van der Waals surface area contributed by atoms with Crippen LogP contribution in [0.1, 0.15) is 46.5 Å². The molecule has 17 heavy (non-hydrogen) atoms. The predicted octanol–water partition coefficient (Wildman–Crippen LogP) is 2.15. The summed E-state index contributed by atoms with van der Waals surface area (Å²) in [6, 6.07) is -0.0836. The fourth-order valence-electron chi connectivity index (χ4n) is 2.02. The first-order chi connectivity index (χ1) is 7.78. The quantitative estimate of drug-likeness (QED) is 0.779. The van der Waals surface area contributed by atoms with E-state index in [1.54, 1.807) is 20.8 Å². The molecule has 2 atom stereocenters. The lowest BCUT2D eigenvalue weighted by Crippen LogP contribution is -2.42. The molecular formula is C12H21NO4. The van der Waals surface area contributed by atoms with E-state index >= 15 is 0 Å². The highest BCUT2D eigenvalue weighted by molar-refractivity contribution is 5.71. The van der Waals surface area contributed by atoms with Gasteiger partial charge in [-0.3, -0.25) is 4.79 Å². The van der Waals surface area contributed by atoms with Crippen LogP contribution in [0.4, 0.5) is 4.79 Å². The van der Waals surface area contributed by atoms with Crippen molar-refractivity contribution in [3.63, 3.8) is 0 Å². The highest BCUT2D eigenvalue weighted by atomic mass is 16.6. The fourth-order valence-corrected chi connectivity index (χ4v) is 2.02. The summed E-state index contributed by atoms with van der Waals surface area (Å²) < 4.78 is 5.14. The Bertz CT molecular complexity index is 295. The summed E-state index contributed by atoms with van der Waals surface area (Å²) in [5.74, 6) is -1.12. The van der Waals surface area contributed by atoms with Crippen molar-refractivity contribution >= 4 is 12.1 Å². The Morgan fingerprint density at radius 3 is 2.47 bits per heavy atom. The van der Waals surface area contributed by atoms with Crippen LogP contribution in [0.25, 0.3) is 0 Å². The highest BCUT2D eigenvalue weighted by Crippen LogP contribution is 2.24. The zero-order valence-corrected chi connectivity index (χ0v) is 10.7. The lowest BCUT2D eigenvalue weighted by molar-refractivity contribution is -0.143. The van der Waals surface area contributed by atoms with E-state index in [0.717, 1.165) is 12.8 Å². The van der Waals surface area contributed by atoms with Gasteiger partial charge in [0.1, 0.15) is 5.60 Å². The Kier molecular flexibility index (Phi) is 4.37. The summed E-state index contributed by atoms with van der Waals surface area (Å²) >= 11 is 0. The zero-order valence-electron chi connectivity index (χ0n) is 10.7. The molecule has 0 bridgehead atoms. The van der Waals surface area contributed by atoms with Crippen molar-refractivity contribution in [1.29, 1.82) is 0 Å². The molecule has 98 valence electrons. The van der Waals surface area contributed by atoms with Gasteiger partial charge in [-0.1, -0.05) is 6.42 Å². The van der Waals surface area contributed by atoms with Crippen molar-refractivity contribution in [2.45, 2.75) is 58.1 Å². The maximum Gasteiger partial charge on any atom is 0.407 e. The summed E-state index contributed by atoms with van der Waals surface area (Å²) in [7, 11) is 0. The number of amides is 1. The molecule has 0 aromatic rings. The van der Waals surface area contributed by atoms with Crippen LogP contribution in [0.2, 0.25) is 0 Å². The third kappa shape index (κ3) is 5.06. The Hall–Kier alpha value is -1.26. The molecule has 0 saturated heterocycles. The maximum atomic E-state index is 11.5. The molecule has 5 heteroatoms. The molecule has 0 aromatic heterocycles. The summed E-state index contributed by atoms with van der Waals surface area (Å²) in [5.41, 5.74) is -0.523. The van der Waals surface area contributed by atoms with E-state index in [9.17, 15) is 9.59 Å². The van der Waals surface area contributed by atoms with Gasteiger partial charge in [-0.05, 0) is 40.0 Å². The average molecular weight is 243 g/mol. The van der Waals surface area contributed by atoms with Gasteiger partial charge in [-0.15, -0.1) is 0 Å². The second kappa shape index (κ2) is 5.38. The monoisotopic (exact) mass is 243 g/mol. The van der Waals surface area contributed by atoms with Crippen LogP contribution in [-0.4, -0.2) is 28.8 Å². The molecule has 1 aliphatic carbocycles. The zero-order chi connectivity index (χ0) is 13.1. The molecule has 1 fully saturated rings. The number of aliphatic carboxylic acids is 1. The topological polar surface area (TPSA) is 75.6 Å². The average Bonchev–Trinajstić information content (AvgIpc) is 2.14. The Labute approximate surface area is 102 Å². The summed E-state index contributed by atoms with van der Waals surface area (Å²) in [5, 5.41) is 11.7. The first kappa shape index (κ1) is 13.8. The van der Waals surface area contributed by atoms with E-state index < -0.39 is 17.7 Å². The van der Waals surface area contributed by atoms with Gasteiger partial charge in [0.05, 0.1) is 5.92 Å². The van der Waals surface area contributed by atoms with E-state index in [4.69, 9.17) is 9.84 Å². The molecule has 0 unspecified atom stereocenters.